The number of nitrogens with one attached hydrogen (secondary N) is 3. The zero-order chi connectivity index (χ0) is 37.6. The molecule has 0 aromatic rings. The van der Waals surface area contributed by atoms with Gasteiger partial charge in [0.05, 0.1) is 6.04 Å². The van der Waals surface area contributed by atoms with Gasteiger partial charge in [-0.1, -0.05) is 88.6 Å². The lowest BCUT2D eigenvalue weighted by Crippen LogP contribution is -2.60. The van der Waals surface area contributed by atoms with Gasteiger partial charge in [0.1, 0.15) is 28.1 Å². The summed E-state index contributed by atoms with van der Waals surface area (Å²) < 4.78 is 4.12. The first-order chi connectivity index (χ1) is 23.1. The van der Waals surface area contributed by atoms with Crippen LogP contribution in [-0.4, -0.2) is 81.1 Å². The molecule has 0 aromatic heterocycles. The first kappa shape index (κ1) is 41.6. The van der Waals surface area contributed by atoms with Crippen molar-refractivity contribution >= 4 is 58.7 Å². The van der Waals surface area contributed by atoms with Gasteiger partial charge in [-0.05, 0) is 70.1 Å². The molecule has 1 heterocycles. The van der Waals surface area contributed by atoms with Crippen molar-refractivity contribution in [3.8, 4) is 0 Å². The van der Waals surface area contributed by atoms with Gasteiger partial charge in [-0.25, -0.2) is 9.59 Å². The Bertz CT molecular complexity index is 1280. The summed E-state index contributed by atoms with van der Waals surface area (Å²) in [5, 5.41) is 8.32. The van der Waals surface area contributed by atoms with Crippen molar-refractivity contribution in [2.75, 3.05) is 6.54 Å². The van der Waals surface area contributed by atoms with Crippen LogP contribution in [0.2, 0.25) is 0 Å². The highest BCUT2D eigenvalue weighted by Gasteiger charge is 2.49. The summed E-state index contributed by atoms with van der Waals surface area (Å²) in [6.45, 7) is 14.8. The van der Waals surface area contributed by atoms with Crippen LogP contribution in [0, 0.1) is 23.2 Å². The number of esters is 1. The van der Waals surface area contributed by atoms with Crippen molar-refractivity contribution in [2.45, 2.75) is 146 Å². The van der Waals surface area contributed by atoms with Crippen molar-refractivity contribution in [1.82, 2.24) is 20.9 Å². The Balaban J connectivity index is 1.92. The van der Waals surface area contributed by atoms with E-state index < -0.39 is 75.5 Å². The second-order valence-electron chi connectivity index (χ2n) is 16.5. The van der Waals surface area contributed by atoms with Gasteiger partial charge in [0.25, 0.3) is 5.91 Å². The van der Waals surface area contributed by atoms with Crippen LogP contribution >= 0.6 is 23.2 Å². The number of carbonyl (C=O) groups is 6. The van der Waals surface area contributed by atoms with Gasteiger partial charge in [0, 0.05) is 12.5 Å². The van der Waals surface area contributed by atoms with Crippen LogP contribution in [0.5, 0.6) is 0 Å². The van der Waals surface area contributed by atoms with Gasteiger partial charge in [-0.2, -0.15) is 0 Å². The van der Waals surface area contributed by atoms with Crippen molar-refractivity contribution in [3.63, 3.8) is 0 Å². The third-order valence-corrected chi connectivity index (χ3v) is 10.8. The molecule has 3 aliphatic rings. The number of hydrogen-bond acceptors (Lipinski definition) is 7. The number of halogens is 2. The molecule has 1 aliphatic heterocycles. The zero-order valence-corrected chi connectivity index (χ0v) is 32.0. The molecule has 5 atom stereocenters. The maximum atomic E-state index is 14.6. The quantitative estimate of drug-likeness (QED) is 0.0864. The molecule has 282 valence electrons. The lowest BCUT2D eigenvalue weighted by Gasteiger charge is -2.36. The first-order valence-electron chi connectivity index (χ1n) is 17.9. The van der Waals surface area contributed by atoms with E-state index in [0.29, 0.717) is 12.8 Å². The van der Waals surface area contributed by atoms with E-state index in [1.807, 2.05) is 20.8 Å². The highest BCUT2D eigenvalue weighted by molar-refractivity contribution is 6.50. The number of primary amides is 1. The smallest absolute Gasteiger partial charge is 0.329 e. The van der Waals surface area contributed by atoms with Crippen LogP contribution in [0.1, 0.15) is 112 Å². The Kier molecular flexibility index (Phi) is 14.2. The predicted octanol–water partition coefficient (Wildman–Crippen LogP) is 4.69. The standard InChI is InChI=1S/C36H57Cl2N5O7/c1-8-36(37,38)23-18-26(30(46)40-24(28(44)29(39)45)17-21-13-12-14-21)43(20-23)31(47)27(22-15-10-9-11-16-22)42-33(49)41-25(19-34(2,3)4)32(48)50-35(5,6)7/h8,21-27H,1,9-20H2,2-7H3,(H2,39,45)(H,40,46)(H2,41,42,49)/t23-,24?,25+,26+,27+/m1/s1. The van der Waals surface area contributed by atoms with E-state index in [1.165, 1.54) is 11.0 Å². The molecule has 1 saturated heterocycles. The van der Waals surface area contributed by atoms with Gasteiger partial charge in [0.2, 0.25) is 17.6 Å². The monoisotopic (exact) mass is 741 g/mol. The van der Waals surface area contributed by atoms with E-state index in [1.54, 1.807) is 20.8 Å². The van der Waals surface area contributed by atoms with E-state index in [2.05, 4.69) is 22.5 Å². The van der Waals surface area contributed by atoms with E-state index >= 15 is 0 Å². The maximum Gasteiger partial charge on any atom is 0.329 e. The molecule has 5 N–H and O–H groups in total. The van der Waals surface area contributed by atoms with E-state index in [0.717, 1.165) is 38.5 Å². The molecule has 5 amide bonds. The summed E-state index contributed by atoms with van der Waals surface area (Å²) in [6, 6.07) is -4.99. The fourth-order valence-corrected chi connectivity index (χ4v) is 7.37. The number of hydrogen-bond donors (Lipinski definition) is 4. The molecule has 2 saturated carbocycles. The van der Waals surface area contributed by atoms with Crippen LogP contribution in [0.4, 0.5) is 4.79 Å². The lowest BCUT2D eigenvalue weighted by molar-refractivity contribution is -0.158. The molecule has 0 radical (unpaired) electrons. The number of likely N-dealkylation sites (tertiary alicyclic amines) is 1. The first-order valence-corrected chi connectivity index (χ1v) is 18.6. The van der Waals surface area contributed by atoms with Crippen molar-refractivity contribution < 1.29 is 33.5 Å². The molecule has 3 fully saturated rings. The predicted molar refractivity (Wildman–Crippen MR) is 192 cm³/mol. The number of carbonyl (C=O) groups excluding carboxylic acids is 6. The number of Topliss-reactive ketones (excluding diaryl/α,β-unsaturated/α-hetero) is 1. The van der Waals surface area contributed by atoms with E-state index in [9.17, 15) is 28.8 Å². The number of urea groups is 1. The van der Waals surface area contributed by atoms with Gasteiger partial charge in [-0.3, -0.25) is 19.2 Å². The second-order valence-corrected chi connectivity index (χ2v) is 17.9. The normalized spacial score (nSPS) is 22.4. The molecule has 0 bridgehead atoms. The molecule has 12 nitrogen and oxygen atoms in total. The Morgan fingerprint density at radius 2 is 1.52 bits per heavy atom. The Morgan fingerprint density at radius 1 is 0.900 bits per heavy atom. The average Bonchev–Trinajstić information content (AvgIpc) is 3.45. The SMILES string of the molecule is C=CC(Cl)(Cl)[C@@H]1C[C@@H](C(=O)NC(CC2CCC2)C(=O)C(N)=O)N(C(=O)[C@@H](NC(=O)N[C@@H](CC(C)(C)C)C(=O)OC(C)(C)C)C2CCCCC2)C1. The summed E-state index contributed by atoms with van der Waals surface area (Å²) in [4.78, 5) is 81.5. The number of nitrogens with zero attached hydrogens (tertiary/aromatic N) is 1. The van der Waals surface area contributed by atoms with E-state index in [4.69, 9.17) is 33.7 Å². The van der Waals surface area contributed by atoms with Gasteiger partial charge in [0.15, 0.2) is 0 Å². The van der Waals surface area contributed by atoms with Crippen LogP contribution in [0.25, 0.3) is 0 Å². The topological polar surface area (TPSA) is 177 Å². The minimum atomic E-state index is -1.49. The van der Waals surface area contributed by atoms with Crippen molar-refractivity contribution in [3.05, 3.63) is 12.7 Å². The molecular formula is C36H57Cl2N5O7. The fraction of sp³-hybridized carbons (Fsp3) is 0.778. The van der Waals surface area contributed by atoms with Crippen LogP contribution < -0.4 is 21.7 Å². The number of ketones is 1. The highest BCUT2D eigenvalue weighted by Crippen LogP contribution is 2.41. The Morgan fingerprint density at radius 3 is 2.02 bits per heavy atom. The molecule has 0 aromatic carbocycles. The Hall–Kier alpha value is -2.86. The molecular weight excluding hydrogens is 685 g/mol. The minimum absolute atomic E-state index is 0.0237. The molecule has 3 rings (SSSR count). The lowest BCUT2D eigenvalue weighted by atomic mass is 9.80. The largest absolute Gasteiger partial charge is 0.458 e. The van der Waals surface area contributed by atoms with Gasteiger partial charge >= 0.3 is 12.0 Å². The number of ether oxygens (including phenoxy) is 1. The number of alkyl halides is 2. The summed E-state index contributed by atoms with van der Waals surface area (Å²) in [6.07, 6.45) is 8.72. The van der Waals surface area contributed by atoms with Crippen molar-refractivity contribution in [2.24, 2.45) is 28.9 Å². The van der Waals surface area contributed by atoms with Gasteiger partial charge in [-0.15, -0.1) is 6.58 Å². The molecule has 2 aliphatic carbocycles. The average molecular weight is 743 g/mol. The summed E-state index contributed by atoms with van der Waals surface area (Å²) in [7, 11) is 0. The Labute approximate surface area is 306 Å². The summed E-state index contributed by atoms with van der Waals surface area (Å²) in [5.41, 5.74) is 4.21. The number of allylic oxidation sites excluding steroid dienone is 1. The van der Waals surface area contributed by atoms with Crippen LogP contribution in [-0.2, 0) is 28.7 Å². The summed E-state index contributed by atoms with van der Waals surface area (Å²) in [5.74, 6) is -4.48. The van der Waals surface area contributed by atoms with E-state index in [-0.39, 0.29) is 43.1 Å². The molecule has 50 heavy (non-hydrogen) atoms. The highest BCUT2D eigenvalue weighted by atomic mass is 35.5. The second kappa shape index (κ2) is 17.1. The van der Waals surface area contributed by atoms with Gasteiger partial charge < -0.3 is 31.3 Å². The molecule has 0 spiro atoms. The minimum Gasteiger partial charge on any atom is -0.458 e. The number of nitrogens with two attached hydrogens (primary N) is 1. The van der Waals surface area contributed by atoms with Crippen molar-refractivity contribution in [1.29, 1.82) is 0 Å². The van der Waals surface area contributed by atoms with Crippen LogP contribution in [0.15, 0.2) is 12.7 Å². The maximum absolute atomic E-state index is 14.6. The third-order valence-electron chi connectivity index (χ3n) is 9.86. The summed E-state index contributed by atoms with van der Waals surface area (Å²) >= 11 is 13.2. The fourth-order valence-electron chi connectivity index (χ4n) is 7.05. The van der Waals surface area contributed by atoms with Crippen LogP contribution in [0.3, 0.4) is 0 Å². The molecule has 14 heteroatoms. The zero-order valence-electron chi connectivity index (χ0n) is 30.4. The number of rotatable bonds is 14. The number of amides is 5. The molecule has 1 unspecified atom stereocenters. The third kappa shape index (κ3) is 11.9.